The summed E-state index contributed by atoms with van der Waals surface area (Å²) in [7, 11) is 0. The van der Waals surface area contributed by atoms with Crippen LogP contribution in [0.1, 0.15) is 28.5 Å². The third kappa shape index (κ3) is 1.71. The number of nitrogens with zero attached hydrogens (tertiary/aromatic N) is 2. The molecule has 1 aliphatic carbocycles. The molecule has 0 saturated heterocycles. The van der Waals surface area contributed by atoms with Crippen molar-refractivity contribution in [3.05, 3.63) is 52.7 Å². The molecule has 0 bridgehead atoms. The van der Waals surface area contributed by atoms with Crippen molar-refractivity contribution < 1.29 is 0 Å². The maximum atomic E-state index is 5.82. The van der Waals surface area contributed by atoms with Gasteiger partial charge in [-0.15, -0.1) is 11.3 Å². The number of nitrogens with two attached hydrogens (primary N) is 1. The molecule has 2 N–H and O–H groups in total. The quantitative estimate of drug-likeness (QED) is 0.735. The predicted octanol–water partition coefficient (Wildman–Crippen LogP) is 3.35. The second-order valence-corrected chi connectivity index (χ2v) is 5.97. The zero-order valence-corrected chi connectivity index (χ0v) is 11.2. The number of aryl methyl sites for hydroxylation is 1. The third-order valence-electron chi connectivity index (χ3n) is 3.76. The first-order valence-corrected chi connectivity index (χ1v) is 7.22. The summed E-state index contributed by atoms with van der Waals surface area (Å²) in [6.45, 7) is 0. The highest BCUT2D eigenvalue weighted by atomic mass is 32.1. The summed E-state index contributed by atoms with van der Waals surface area (Å²) >= 11 is 1.64. The number of hydrogen-bond acceptors (Lipinski definition) is 4. The molecule has 0 radical (unpaired) electrons. The van der Waals surface area contributed by atoms with Gasteiger partial charge in [-0.25, -0.2) is 4.98 Å². The second kappa shape index (κ2) is 4.03. The number of thiazole rings is 1. The smallest absolute Gasteiger partial charge is 0.180 e. The maximum Gasteiger partial charge on any atom is 0.180 e. The lowest BCUT2D eigenvalue weighted by atomic mass is 9.97. The minimum atomic E-state index is 0.453. The summed E-state index contributed by atoms with van der Waals surface area (Å²) in [5.41, 5.74) is 9.41. The van der Waals surface area contributed by atoms with E-state index in [9.17, 15) is 0 Å². The average Bonchev–Trinajstić information content (AvgIpc) is 2.97. The topological polar surface area (TPSA) is 51.8 Å². The highest BCUT2D eigenvalue weighted by molar-refractivity contribution is 7.15. The van der Waals surface area contributed by atoms with Crippen LogP contribution in [-0.4, -0.2) is 9.97 Å². The van der Waals surface area contributed by atoms with Gasteiger partial charge < -0.3 is 5.73 Å². The van der Waals surface area contributed by atoms with E-state index in [-0.39, 0.29) is 0 Å². The van der Waals surface area contributed by atoms with E-state index in [1.54, 1.807) is 11.3 Å². The maximum absolute atomic E-state index is 5.82. The Morgan fingerprint density at radius 3 is 3.16 bits per heavy atom. The van der Waals surface area contributed by atoms with E-state index in [1.165, 1.54) is 21.5 Å². The Balaban J connectivity index is 1.83. The molecule has 94 valence electrons. The van der Waals surface area contributed by atoms with Gasteiger partial charge in [0, 0.05) is 22.4 Å². The molecule has 0 fully saturated rings. The van der Waals surface area contributed by atoms with Crippen LogP contribution in [0.3, 0.4) is 0 Å². The van der Waals surface area contributed by atoms with E-state index in [1.807, 2.05) is 12.3 Å². The van der Waals surface area contributed by atoms with Crippen LogP contribution in [0.5, 0.6) is 0 Å². The number of anilines is 1. The van der Waals surface area contributed by atoms with Crippen molar-refractivity contribution >= 4 is 27.4 Å². The molecule has 0 saturated carbocycles. The number of benzene rings is 1. The molecule has 0 spiro atoms. The summed E-state index contributed by atoms with van der Waals surface area (Å²) in [5.74, 6) is 0.453. The van der Waals surface area contributed by atoms with Crippen LogP contribution in [0.15, 0.2) is 36.5 Å². The van der Waals surface area contributed by atoms with Crippen LogP contribution in [0.4, 0.5) is 5.13 Å². The molecule has 3 nitrogen and oxygen atoms in total. The number of fused-ring (bicyclic) bond motifs is 2. The van der Waals surface area contributed by atoms with E-state index in [2.05, 4.69) is 34.2 Å². The fraction of sp³-hybridized carbons (Fsp3) is 0.200. The first-order valence-electron chi connectivity index (χ1n) is 6.41. The number of aromatic nitrogens is 2. The molecular weight excluding hydrogens is 254 g/mol. The van der Waals surface area contributed by atoms with Crippen LogP contribution < -0.4 is 5.73 Å². The van der Waals surface area contributed by atoms with E-state index in [0.29, 0.717) is 11.0 Å². The number of pyridine rings is 1. The van der Waals surface area contributed by atoms with Crippen molar-refractivity contribution in [2.45, 2.75) is 18.8 Å². The van der Waals surface area contributed by atoms with Gasteiger partial charge in [0.2, 0.25) is 0 Å². The zero-order chi connectivity index (χ0) is 12.8. The van der Waals surface area contributed by atoms with E-state index in [0.717, 1.165) is 18.4 Å². The van der Waals surface area contributed by atoms with Crippen molar-refractivity contribution in [3.8, 4) is 0 Å². The Morgan fingerprint density at radius 2 is 2.21 bits per heavy atom. The standard InChI is InChI=1S/C15H13N3S/c16-15-18-13-6-4-11(14(13)19-15)9-3-5-12-10(8-9)2-1-7-17-12/h1-3,5,7-8,11H,4,6H2,(H2,16,18). The van der Waals surface area contributed by atoms with Gasteiger partial charge in [-0.05, 0) is 36.6 Å². The van der Waals surface area contributed by atoms with Gasteiger partial charge in [-0.2, -0.15) is 0 Å². The predicted molar refractivity (Wildman–Crippen MR) is 78.4 cm³/mol. The van der Waals surface area contributed by atoms with Gasteiger partial charge in [-0.3, -0.25) is 4.98 Å². The normalized spacial score (nSPS) is 17.8. The minimum absolute atomic E-state index is 0.453. The molecular formula is C15H13N3S. The summed E-state index contributed by atoms with van der Waals surface area (Å²) in [6.07, 6.45) is 4.01. The summed E-state index contributed by atoms with van der Waals surface area (Å²) in [6, 6.07) is 10.6. The Kier molecular flexibility index (Phi) is 2.32. The van der Waals surface area contributed by atoms with Gasteiger partial charge in [0.05, 0.1) is 11.2 Å². The molecule has 19 heavy (non-hydrogen) atoms. The highest BCUT2D eigenvalue weighted by Crippen LogP contribution is 2.42. The molecule has 0 aliphatic heterocycles. The van der Waals surface area contributed by atoms with Crippen molar-refractivity contribution in [1.82, 2.24) is 9.97 Å². The molecule has 1 unspecified atom stereocenters. The molecule has 3 aromatic rings. The van der Waals surface area contributed by atoms with Gasteiger partial charge >= 0.3 is 0 Å². The molecule has 1 aliphatic rings. The summed E-state index contributed by atoms with van der Waals surface area (Å²) in [5, 5.41) is 1.89. The summed E-state index contributed by atoms with van der Waals surface area (Å²) in [4.78, 5) is 10.1. The fourth-order valence-corrected chi connectivity index (χ4v) is 3.92. The molecule has 2 aromatic heterocycles. The molecule has 4 rings (SSSR count). The second-order valence-electron chi connectivity index (χ2n) is 4.91. The SMILES string of the molecule is Nc1nc2c(s1)C(c1ccc3ncccc3c1)CC2. The van der Waals surface area contributed by atoms with E-state index < -0.39 is 0 Å². The Bertz CT molecular complexity index is 763. The fourth-order valence-electron chi connectivity index (χ4n) is 2.87. The van der Waals surface area contributed by atoms with Crippen molar-refractivity contribution in [3.63, 3.8) is 0 Å². The van der Waals surface area contributed by atoms with Gasteiger partial charge in [-0.1, -0.05) is 12.1 Å². The van der Waals surface area contributed by atoms with E-state index >= 15 is 0 Å². The lowest BCUT2D eigenvalue weighted by Gasteiger charge is -2.10. The Morgan fingerprint density at radius 1 is 1.26 bits per heavy atom. The third-order valence-corrected chi connectivity index (χ3v) is 4.80. The van der Waals surface area contributed by atoms with Crippen LogP contribution in [0, 0.1) is 0 Å². The Hall–Kier alpha value is -1.94. The lowest BCUT2D eigenvalue weighted by Crippen LogP contribution is -1.94. The molecule has 2 heterocycles. The first-order chi connectivity index (χ1) is 9.31. The Labute approximate surface area is 115 Å². The molecule has 0 amide bonds. The molecule has 4 heteroatoms. The van der Waals surface area contributed by atoms with Crippen LogP contribution in [0.2, 0.25) is 0 Å². The van der Waals surface area contributed by atoms with Crippen molar-refractivity contribution in [2.24, 2.45) is 0 Å². The van der Waals surface area contributed by atoms with Gasteiger partial charge in [0.25, 0.3) is 0 Å². The van der Waals surface area contributed by atoms with Gasteiger partial charge in [0.1, 0.15) is 0 Å². The summed E-state index contributed by atoms with van der Waals surface area (Å²) < 4.78 is 0. The van der Waals surface area contributed by atoms with Crippen LogP contribution in [-0.2, 0) is 6.42 Å². The van der Waals surface area contributed by atoms with Crippen molar-refractivity contribution in [1.29, 1.82) is 0 Å². The number of rotatable bonds is 1. The zero-order valence-electron chi connectivity index (χ0n) is 10.3. The van der Waals surface area contributed by atoms with Gasteiger partial charge in [0.15, 0.2) is 5.13 Å². The monoisotopic (exact) mass is 267 g/mol. The first kappa shape index (κ1) is 10.9. The van der Waals surface area contributed by atoms with Crippen LogP contribution in [0.25, 0.3) is 10.9 Å². The van der Waals surface area contributed by atoms with Crippen LogP contribution >= 0.6 is 11.3 Å². The average molecular weight is 267 g/mol. The number of nitrogen functional groups attached to an aromatic ring is 1. The molecule has 1 atom stereocenters. The highest BCUT2D eigenvalue weighted by Gasteiger charge is 2.27. The van der Waals surface area contributed by atoms with Crippen molar-refractivity contribution in [2.75, 3.05) is 5.73 Å². The minimum Gasteiger partial charge on any atom is -0.375 e. The number of hydrogen-bond donors (Lipinski definition) is 1. The molecule has 1 aromatic carbocycles. The van der Waals surface area contributed by atoms with E-state index in [4.69, 9.17) is 5.73 Å². The largest absolute Gasteiger partial charge is 0.375 e. The lowest BCUT2D eigenvalue weighted by molar-refractivity contribution is 0.791.